The van der Waals surface area contributed by atoms with E-state index in [0.717, 1.165) is 0 Å². The van der Waals surface area contributed by atoms with Crippen molar-refractivity contribution in [3.8, 4) is 0 Å². The Bertz CT molecular complexity index is 232. The lowest BCUT2D eigenvalue weighted by Crippen LogP contribution is -1.92. The van der Waals surface area contributed by atoms with Crippen LogP contribution in [0.4, 0.5) is 0 Å². The normalized spacial score (nSPS) is 7.24. The van der Waals surface area contributed by atoms with Crippen LogP contribution in [0, 0.1) is 0 Å². The van der Waals surface area contributed by atoms with E-state index < -0.39 is 11.9 Å². The second-order valence-corrected chi connectivity index (χ2v) is 2.72. The Morgan fingerprint density at radius 2 is 1.35 bits per heavy atom. The van der Waals surface area contributed by atoms with Crippen molar-refractivity contribution >= 4 is 18.4 Å². The molecule has 0 unspecified atom stereocenters. The monoisotopic (exact) mass is 246 g/mol. The van der Waals surface area contributed by atoms with E-state index in [2.05, 4.69) is 17.9 Å². The fraction of sp³-hybridized carbons (Fsp3) is 0.364. The summed E-state index contributed by atoms with van der Waals surface area (Å²) in [5, 5.41) is 15.8. The van der Waals surface area contributed by atoms with Crippen LogP contribution >= 0.6 is 0 Å². The first-order valence-corrected chi connectivity index (χ1v) is 4.53. The van der Waals surface area contributed by atoms with Crippen molar-refractivity contribution in [3.05, 3.63) is 24.3 Å². The molecule has 0 spiro atoms. The number of aliphatic carboxylic acids is 2. The number of ether oxygens (including phenoxy) is 1. The molecular formula is C11H18O6. The van der Waals surface area contributed by atoms with E-state index in [4.69, 9.17) is 10.2 Å². The van der Waals surface area contributed by atoms with Crippen molar-refractivity contribution in [2.75, 3.05) is 6.61 Å². The van der Waals surface area contributed by atoms with E-state index in [1.54, 1.807) is 6.92 Å². The summed E-state index contributed by atoms with van der Waals surface area (Å²) in [7, 11) is 0. The molecule has 0 heterocycles. The Hall–Kier alpha value is -2.11. The first kappa shape index (κ1) is 20.3. The molecule has 0 amide bonds. The molecule has 0 saturated heterocycles. The fourth-order valence-corrected chi connectivity index (χ4v) is 0.0680. The highest BCUT2D eigenvalue weighted by atomic mass is 16.5. The summed E-state index contributed by atoms with van der Waals surface area (Å²) in [6, 6.07) is 0. The molecule has 0 saturated carbocycles. The predicted molar refractivity (Wildman–Crippen MR) is 62.6 cm³/mol. The molecule has 0 fully saturated rings. The maximum absolute atomic E-state index is 9.60. The van der Waals surface area contributed by atoms with Gasteiger partial charge in [0.05, 0.1) is 6.61 Å². The maximum atomic E-state index is 9.60. The Morgan fingerprint density at radius 1 is 1.12 bits per heavy atom. The van der Waals surface area contributed by atoms with Gasteiger partial charge in [-0.3, -0.25) is 4.79 Å². The maximum Gasteiger partial charge on any atom is 0.330 e. The second-order valence-electron chi connectivity index (χ2n) is 2.72. The summed E-state index contributed by atoms with van der Waals surface area (Å²) in [6.45, 7) is 11.9. The van der Waals surface area contributed by atoms with Gasteiger partial charge in [0.1, 0.15) is 0 Å². The number of rotatable bonds is 4. The lowest BCUT2D eigenvalue weighted by molar-refractivity contribution is -0.133. The summed E-state index contributed by atoms with van der Waals surface area (Å²) in [6.07, 6.45) is 0. The molecule has 0 aliphatic heterocycles. The van der Waals surface area contributed by atoms with E-state index in [1.165, 1.54) is 13.8 Å². The first-order valence-electron chi connectivity index (χ1n) is 4.53. The Kier molecular flexibility index (Phi) is 16.6. The van der Waals surface area contributed by atoms with Crippen LogP contribution in [0.2, 0.25) is 0 Å². The van der Waals surface area contributed by atoms with E-state index in [-0.39, 0.29) is 11.1 Å². The molecule has 0 radical (unpaired) electrons. The van der Waals surface area contributed by atoms with Gasteiger partial charge in [-0.2, -0.15) is 0 Å². The molecule has 98 valence electrons. The smallest absolute Gasteiger partial charge is 0.330 e. The standard InChI is InChI=1S/2C4H6O2.C3H6O2/c2*1-3(2)4(5)6;1-2-5-3-4/h2*1H2,2H3,(H,5,6);3H,2H2,1H3. The van der Waals surface area contributed by atoms with Crippen molar-refractivity contribution in [1.29, 1.82) is 0 Å². The predicted octanol–water partition coefficient (Wildman–Crippen LogP) is 1.47. The molecule has 17 heavy (non-hydrogen) atoms. The minimum atomic E-state index is -0.935. The van der Waals surface area contributed by atoms with Crippen LogP contribution in [0.25, 0.3) is 0 Å². The van der Waals surface area contributed by atoms with Crippen LogP contribution in [0.5, 0.6) is 0 Å². The fourth-order valence-electron chi connectivity index (χ4n) is 0.0680. The lowest BCUT2D eigenvalue weighted by Gasteiger charge is -1.79. The van der Waals surface area contributed by atoms with E-state index in [1.807, 2.05) is 0 Å². The van der Waals surface area contributed by atoms with E-state index >= 15 is 0 Å². The molecule has 0 atom stereocenters. The molecule has 0 aromatic rings. The van der Waals surface area contributed by atoms with Crippen LogP contribution in [0.1, 0.15) is 20.8 Å². The molecule has 0 aromatic carbocycles. The van der Waals surface area contributed by atoms with E-state index in [9.17, 15) is 14.4 Å². The van der Waals surface area contributed by atoms with Crippen molar-refractivity contribution in [2.24, 2.45) is 0 Å². The summed E-state index contributed by atoms with van der Waals surface area (Å²) >= 11 is 0. The van der Waals surface area contributed by atoms with Gasteiger partial charge in [-0.15, -0.1) is 0 Å². The minimum Gasteiger partial charge on any atom is -0.478 e. The molecule has 0 bridgehead atoms. The van der Waals surface area contributed by atoms with Crippen LogP contribution in [0.15, 0.2) is 24.3 Å². The van der Waals surface area contributed by atoms with Crippen molar-refractivity contribution in [1.82, 2.24) is 0 Å². The molecular weight excluding hydrogens is 228 g/mol. The zero-order valence-electron chi connectivity index (χ0n) is 10.2. The summed E-state index contributed by atoms with van der Waals surface area (Å²) in [5.74, 6) is -1.87. The second kappa shape index (κ2) is 13.9. The average Bonchev–Trinajstić information content (AvgIpc) is 2.20. The van der Waals surface area contributed by atoms with Crippen molar-refractivity contribution in [3.63, 3.8) is 0 Å². The zero-order valence-corrected chi connectivity index (χ0v) is 10.2. The summed E-state index contributed by atoms with van der Waals surface area (Å²) < 4.78 is 4.15. The third kappa shape index (κ3) is 31.5. The van der Waals surface area contributed by atoms with Crippen molar-refractivity contribution in [2.45, 2.75) is 20.8 Å². The third-order valence-electron chi connectivity index (χ3n) is 0.965. The van der Waals surface area contributed by atoms with E-state index in [0.29, 0.717) is 13.1 Å². The molecule has 0 aliphatic rings. The molecule has 6 nitrogen and oxygen atoms in total. The van der Waals surface area contributed by atoms with Gasteiger partial charge in [-0.1, -0.05) is 13.2 Å². The SMILES string of the molecule is C=C(C)C(=O)O.C=C(C)C(=O)O.CCOC=O. The van der Waals surface area contributed by atoms with Gasteiger partial charge in [-0.25, -0.2) is 9.59 Å². The Morgan fingerprint density at radius 3 is 1.35 bits per heavy atom. The van der Waals surface area contributed by atoms with Gasteiger partial charge in [-0.05, 0) is 20.8 Å². The van der Waals surface area contributed by atoms with Gasteiger partial charge in [0, 0.05) is 11.1 Å². The Labute approximate surface area is 100 Å². The zero-order chi connectivity index (χ0) is 14.4. The minimum absolute atomic E-state index is 0.176. The summed E-state index contributed by atoms with van der Waals surface area (Å²) in [5.41, 5.74) is 0.352. The van der Waals surface area contributed by atoms with Crippen LogP contribution in [0.3, 0.4) is 0 Å². The molecule has 0 aromatic heterocycles. The number of hydrogen-bond acceptors (Lipinski definition) is 4. The number of carbonyl (C=O) groups excluding carboxylic acids is 1. The van der Waals surface area contributed by atoms with Crippen LogP contribution < -0.4 is 0 Å². The van der Waals surface area contributed by atoms with Gasteiger partial charge >= 0.3 is 11.9 Å². The molecule has 2 N–H and O–H groups in total. The summed E-state index contributed by atoms with van der Waals surface area (Å²) in [4.78, 5) is 28.4. The van der Waals surface area contributed by atoms with Gasteiger partial charge in [0.25, 0.3) is 6.47 Å². The van der Waals surface area contributed by atoms with Crippen LogP contribution in [-0.2, 0) is 19.1 Å². The number of hydrogen-bond donors (Lipinski definition) is 2. The number of carboxylic acids is 2. The van der Waals surface area contributed by atoms with Gasteiger partial charge in [0.2, 0.25) is 0 Å². The lowest BCUT2D eigenvalue weighted by atomic mass is 10.4. The average molecular weight is 246 g/mol. The van der Waals surface area contributed by atoms with Gasteiger partial charge < -0.3 is 14.9 Å². The molecule has 6 heteroatoms. The molecule has 0 aliphatic carbocycles. The number of carboxylic acid groups (broad SMARTS) is 2. The molecule has 0 rings (SSSR count). The van der Waals surface area contributed by atoms with Crippen molar-refractivity contribution < 1.29 is 29.3 Å². The highest BCUT2D eigenvalue weighted by Crippen LogP contribution is 1.81. The Balaban J connectivity index is -0.000000174. The topological polar surface area (TPSA) is 101 Å². The number of carbonyl (C=O) groups is 3. The quantitative estimate of drug-likeness (QED) is 0.575. The first-order chi connectivity index (χ1) is 7.70. The largest absolute Gasteiger partial charge is 0.478 e. The van der Waals surface area contributed by atoms with Gasteiger partial charge in [0.15, 0.2) is 0 Å². The van der Waals surface area contributed by atoms with Crippen LogP contribution in [-0.4, -0.2) is 35.2 Å². The third-order valence-corrected chi connectivity index (χ3v) is 0.965. The highest BCUT2D eigenvalue weighted by molar-refractivity contribution is 5.85. The highest BCUT2D eigenvalue weighted by Gasteiger charge is 1.90.